The number of rotatable bonds is 3. The Labute approximate surface area is 146 Å². The fourth-order valence-electron chi connectivity index (χ4n) is 1.44. The van der Waals surface area contributed by atoms with Crippen molar-refractivity contribution in [3.63, 3.8) is 0 Å². The van der Waals surface area contributed by atoms with Gasteiger partial charge in [-0.25, -0.2) is 0 Å². The van der Waals surface area contributed by atoms with Gasteiger partial charge < -0.3 is 30.1 Å². The molecule has 0 aromatic heterocycles. The van der Waals surface area contributed by atoms with Crippen LogP contribution in [0.1, 0.15) is 20.7 Å². The Morgan fingerprint density at radius 3 is 1.10 bits per heavy atom. The summed E-state index contributed by atoms with van der Waals surface area (Å²) in [7, 11) is 0. The molecule has 0 saturated carbocycles. The van der Waals surface area contributed by atoms with Gasteiger partial charge in [0.25, 0.3) is 0 Å². The van der Waals surface area contributed by atoms with E-state index in [1.807, 2.05) is 12.1 Å². The fourth-order valence-corrected chi connectivity index (χ4v) is 1.44. The van der Waals surface area contributed by atoms with Gasteiger partial charge in [0.05, 0.1) is 0 Å². The average molecular weight is 368 g/mol. The molecule has 0 atom stereocenters. The van der Waals surface area contributed by atoms with Crippen LogP contribution in [0, 0.1) is 0 Å². The molecule has 6 heteroatoms. The fraction of sp³-hybridized carbons (Fsp3) is 0. The van der Waals surface area contributed by atoms with Crippen molar-refractivity contribution in [2.75, 3.05) is 0 Å². The summed E-state index contributed by atoms with van der Waals surface area (Å²) in [5, 5.41) is 0. The molecule has 2 aromatic carbocycles. The van der Waals surface area contributed by atoms with E-state index in [2.05, 4.69) is 25.3 Å². The third-order valence-corrected chi connectivity index (χ3v) is 2.28. The topological polar surface area (TPSA) is 51.2 Å². The predicted octanol–water partition coefficient (Wildman–Crippen LogP) is 2.95. The molecule has 0 amide bonds. The van der Waals surface area contributed by atoms with Gasteiger partial charge in [0.2, 0.25) is 11.6 Å². The smallest absolute Gasteiger partial charge is 0.767 e. The van der Waals surface area contributed by atoms with Crippen LogP contribution < -0.4 is 0 Å². The van der Waals surface area contributed by atoms with Crippen LogP contribution in [0.2, 0.25) is 0 Å². The van der Waals surface area contributed by atoms with E-state index in [-0.39, 0.29) is 19.5 Å². The molecule has 2 rings (SSSR count). The molecule has 102 valence electrons. The number of carbonyl (C=O) groups is 3. The Kier molecular flexibility index (Phi) is 9.54. The Balaban J connectivity index is 0.000000715. The van der Waals surface area contributed by atoms with Crippen molar-refractivity contribution in [2.24, 2.45) is 0 Å². The molecule has 21 heavy (non-hydrogen) atoms. The summed E-state index contributed by atoms with van der Waals surface area (Å²) in [5.41, 5.74) is 0.854. The summed E-state index contributed by atoms with van der Waals surface area (Å²) in [6, 6.07) is 17.2. The minimum absolute atomic E-state index is 0. The van der Waals surface area contributed by atoms with Crippen molar-refractivity contribution in [2.45, 2.75) is 0 Å². The van der Waals surface area contributed by atoms with E-state index in [0.717, 1.165) is 0 Å². The monoisotopic (exact) mass is 366 g/mol. The van der Waals surface area contributed by atoms with Crippen LogP contribution in [0.15, 0.2) is 60.7 Å². The van der Waals surface area contributed by atoms with Crippen LogP contribution in [-0.2, 0) is 44.7 Å². The first-order valence-corrected chi connectivity index (χ1v) is 6.41. The van der Waals surface area contributed by atoms with Crippen molar-refractivity contribution < 1.29 is 33.9 Å². The molecule has 0 aliphatic carbocycles. The Bertz CT molecular complexity index is 547. The number of carbonyl (C=O) groups excluding carboxylic acids is 3. The minimum atomic E-state index is -0.667. The van der Waals surface area contributed by atoms with Gasteiger partial charge in [0, 0.05) is 11.1 Å². The van der Waals surface area contributed by atoms with Crippen LogP contribution in [0.3, 0.4) is 0 Å². The molecular formula is C15H10O3S2Zn. The van der Waals surface area contributed by atoms with E-state index in [9.17, 15) is 9.59 Å². The number of ketones is 2. The summed E-state index contributed by atoms with van der Waals surface area (Å²) in [6.07, 6.45) is 0. The maximum Gasteiger partial charge on any atom is 2.00 e. The van der Waals surface area contributed by atoms with Gasteiger partial charge in [0.15, 0.2) is 0 Å². The summed E-state index contributed by atoms with van der Waals surface area (Å²) in [4.78, 5) is 32.7. The second kappa shape index (κ2) is 10.3. The maximum absolute atomic E-state index is 11.8. The molecule has 0 unspecified atom stereocenters. The molecule has 0 radical (unpaired) electrons. The van der Waals surface area contributed by atoms with Gasteiger partial charge >= 0.3 is 19.5 Å². The molecule has 0 N–H and O–H groups in total. The van der Waals surface area contributed by atoms with Gasteiger partial charge in [-0.3, -0.25) is 9.59 Å². The Morgan fingerprint density at radius 1 is 0.619 bits per heavy atom. The molecule has 0 aliphatic heterocycles. The summed E-state index contributed by atoms with van der Waals surface area (Å²) < 4.78 is -0.667. The first-order chi connectivity index (χ1) is 9.52. The van der Waals surface area contributed by atoms with Crippen LogP contribution >= 0.6 is 0 Å². The van der Waals surface area contributed by atoms with Gasteiger partial charge in [-0.2, -0.15) is 0 Å². The molecule has 0 heterocycles. The molecule has 2 aromatic rings. The number of Topliss-reactive ketones (excluding diaryl/α,β-unsaturated/α-hetero) is 2. The zero-order valence-electron chi connectivity index (χ0n) is 11.0. The summed E-state index contributed by atoms with van der Waals surface area (Å²) >= 11 is 7.59. The second-order valence-corrected chi connectivity index (χ2v) is 4.64. The quantitative estimate of drug-likeness (QED) is 0.361. The number of hydrogen-bond acceptors (Lipinski definition) is 5. The Hall–Kier alpha value is -1.49. The third-order valence-electron chi connectivity index (χ3n) is 2.28. The van der Waals surface area contributed by atoms with Crippen molar-refractivity contribution >= 4 is 41.3 Å². The Morgan fingerprint density at radius 2 is 0.857 bits per heavy atom. The minimum Gasteiger partial charge on any atom is -0.767 e. The van der Waals surface area contributed by atoms with Crippen LogP contribution in [0.25, 0.3) is 0 Å². The predicted molar refractivity (Wildman–Crippen MR) is 81.7 cm³/mol. The van der Waals surface area contributed by atoms with Gasteiger partial charge in [-0.1, -0.05) is 60.7 Å². The zero-order chi connectivity index (χ0) is 15.0. The third kappa shape index (κ3) is 7.18. The number of hydrogen-bond donors (Lipinski definition) is 0. The van der Waals surface area contributed by atoms with E-state index in [4.69, 9.17) is 4.79 Å². The largest absolute Gasteiger partial charge is 2.00 e. The van der Waals surface area contributed by atoms with E-state index in [0.29, 0.717) is 11.1 Å². The van der Waals surface area contributed by atoms with Crippen LogP contribution in [0.5, 0.6) is 0 Å². The molecule has 0 fully saturated rings. The molecule has 0 saturated heterocycles. The first-order valence-electron chi connectivity index (χ1n) is 5.59. The van der Waals surface area contributed by atoms with Crippen molar-refractivity contribution in [1.29, 1.82) is 0 Å². The molecule has 0 spiro atoms. The maximum atomic E-state index is 11.8. The zero-order valence-corrected chi connectivity index (χ0v) is 15.6. The molecular weight excluding hydrogens is 358 g/mol. The second-order valence-electron chi connectivity index (χ2n) is 3.64. The van der Waals surface area contributed by atoms with Gasteiger partial charge in [-0.15, -0.1) is 4.45 Å². The summed E-state index contributed by atoms with van der Waals surface area (Å²) in [5.74, 6) is -0.932. The van der Waals surface area contributed by atoms with Crippen LogP contribution in [-0.4, -0.2) is 16.0 Å². The van der Waals surface area contributed by atoms with Crippen molar-refractivity contribution in [3.05, 3.63) is 71.8 Å². The molecule has 0 aliphatic rings. The average Bonchev–Trinajstić information content (AvgIpc) is 2.47. The normalized spacial score (nSPS) is 8.57. The SMILES string of the molecule is O=C(C(=O)c1ccccc1)c1ccccc1.O=C([S-])[S-].[Zn+2]. The summed E-state index contributed by atoms with van der Waals surface area (Å²) in [6.45, 7) is 0. The molecule has 3 nitrogen and oxygen atoms in total. The van der Waals surface area contributed by atoms with E-state index < -0.39 is 16.0 Å². The standard InChI is InChI=1S/C14H10O2.CH2OS2.Zn/c15-13(11-7-3-1-4-8-11)14(16)12-9-5-2-6-10-12;2-1(3)4;/h1-10H;(H2,2,3,4);/q;;+2/p-2. The molecule has 0 bridgehead atoms. The van der Waals surface area contributed by atoms with E-state index in [1.54, 1.807) is 48.5 Å². The van der Waals surface area contributed by atoms with Crippen LogP contribution in [0.4, 0.5) is 4.79 Å². The van der Waals surface area contributed by atoms with Crippen molar-refractivity contribution in [3.8, 4) is 0 Å². The van der Waals surface area contributed by atoms with Gasteiger partial charge in [-0.05, 0) is 0 Å². The number of benzene rings is 2. The van der Waals surface area contributed by atoms with E-state index in [1.165, 1.54) is 0 Å². The van der Waals surface area contributed by atoms with Crippen molar-refractivity contribution in [1.82, 2.24) is 0 Å². The first kappa shape index (κ1) is 19.5. The van der Waals surface area contributed by atoms with E-state index >= 15 is 0 Å². The van der Waals surface area contributed by atoms with Gasteiger partial charge in [0.1, 0.15) is 0 Å².